The third-order valence-electron chi connectivity index (χ3n) is 2.37. The van der Waals surface area contributed by atoms with E-state index in [4.69, 9.17) is 4.74 Å². The number of epoxide rings is 1. The maximum absolute atomic E-state index is 5.29. The summed E-state index contributed by atoms with van der Waals surface area (Å²) in [6.07, 6.45) is 4.00. The molecule has 2 aromatic rings. The Hall–Kier alpha value is -1.61. The Balaban J connectivity index is 2.12. The van der Waals surface area contributed by atoms with Gasteiger partial charge in [0, 0.05) is 18.0 Å². The molecule has 1 fully saturated rings. The molecule has 3 heteroatoms. The molecule has 0 N–H and O–H groups in total. The molecule has 3 nitrogen and oxygen atoms in total. The summed E-state index contributed by atoms with van der Waals surface area (Å²) in [5, 5.41) is 4.22. The first-order chi connectivity index (χ1) is 6.95. The van der Waals surface area contributed by atoms with Crippen molar-refractivity contribution in [3.63, 3.8) is 0 Å². The van der Waals surface area contributed by atoms with Crippen molar-refractivity contribution >= 4 is 0 Å². The van der Waals surface area contributed by atoms with Crippen molar-refractivity contribution in [2.24, 2.45) is 0 Å². The molecule has 14 heavy (non-hydrogen) atoms. The van der Waals surface area contributed by atoms with Gasteiger partial charge in [-0.15, -0.1) is 0 Å². The van der Waals surface area contributed by atoms with Crippen LogP contribution in [0.3, 0.4) is 0 Å². The Labute approximate surface area is 81.9 Å². The molecule has 2 heterocycles. The summed E-state index contributed by atoms with van der Waals surface area (Å²) >= 11 is 0. The highest BCUT2D eigenvalue weighted by Gasteiger charge is 2.27. The third-order valence-corrected chi connectivity index (χ3v) is 2.37. The number of nitrogens with zero attached hydrogens (tertiary/aromatic N) is 2. The summed E-state index contributed by atoms with van der Waals surface area (Å²) in [5.41, 5.74) is 2.33. The third kappa shape index (κ3) is 1.22. The van der Waals surface area contributed by atoms with E-state index in [0.29, 0.717) is 0 Å². The first-order valence-electron chi connectivity index (χ1n) is 4.66. The lowest BCUT2D eigenvalue weighted by atomic mass is 10.1. The Kier molecular flexibility index (Phi) is 1.64. The first kappa shape index (κ1) is 7.76. The van der Waals surface area contributed by atoms with E-state index in [-0.39, 0.29) is 6.10 Å². The van der Waals surface area contributed by atoms with Gasteiger partial charge in [0.2, 0.25) is 0 Å². The van der Waals surface area contributed by atoms with E-state index in [2.05, 4.69) is 17.2 Å². The molecular weight excluding hydrogens is 176 g/mol. The summed E-state index contributed by atoms with van der Waals surface area (Å²) < 4.78 is 7.16. The first-order valence-corrected chi connectivity index (χ1v) is 4.66. The van der Waals surface area contributed by atoms with Crippen LogP contribution in [0.15, 0.2) is 42.7 Å². The van der Waals surface area contributed by atoms with Gasteiger partial charge < -0.3 is 4.74 Å². The van der Waals surface area contributed by atoms with Gasteiger partial charge in [-0.1, -0.05) is 18.2 Å². The highest BCUT2D eigenvalue weighted by Crippen LogP contribution is 2.33. The molecule has 0 aliphatic carbocycles. The SMILES string of the molecule is c1ccc(-n2cccn2)c([C@H]2CO2)c1. The number of para-hydroxylation sites is 1. The Bertz CT molecular complexity index is 432. The maximum Gasteiger partial charge on any atom is 0.108 e. The second-order valence-electron chi connectivity index (χ2n) is 3.33. The summed E-state index contributed by atoms with van der Waals surface area (Å²) in [6.45, 7) is 0.832. The van der Waals surface area contributed by atoms with E-state index in [1.807, 2.05) is 29.1 Å². The van der Waals surface area contributed by atoms with Crippen molar-refractivity contribution in [3.8, 4) is 5.69 Å². The fraction of sp³-hybridized carbons (Fsp3) is 0.182. The van der Waals surface area contributed by atoms with Crippen LogP contribution in [-0.2, 0) is 4.74 Å². The highest BCUT2D eigenvalue weighted by molar-refractivity contribution is 5.42. The predicted octanol–water partition coefficient (Wildman–Crippen LogP) is 1.94. The lowest BCUT2D eigenvalue weighted by molar-refractivity contribution is 0.415. The molecule has 0 radical (unpaired) electrons. The molecule has 0 amide bonds. The van der Waals surface area contributed by atoms with Gasteiger partial charge in [-0.25, -0.2) is 4.68 Å². The van der Waals surface area contributed by atoms with Crippen molar-refractivity contribution in [2.75, 3.05) is 6.61 Å². The van der Waals surface area contributed by atoms with Crippen molar-refractivity contribution in [3.05, 3.63) is 48.3 Å². The van der Waals surface area contributed by atoms with Gasteiger partial charge in [0.25, 0.3) is 0 Å². The minimum Gasteiger partial charge on any atom is -0.368 e. The second kappa shape index (κ2) is 2.96. The number of rotatable bonds is 2. The van der Waals surface area contributed by atoms with Crippen LogP contribution in [0, 0.1) is 0 Å². The van der Waals surface area contributed by atoms with Gasteiger partial charge in [0.05, 0.1) is 12.3 Å². The van der Waals surface area contributed by atoms with Crippen LogP contribution in [-0.4, -0.2) is 16.4 Å². The van der Waals surface area contributed by atoms with E-state index in [1.54, 1.807) is 6.20 Å². The number of aromatic nitrogens is 2. The largest absolute Gasteiger partial charge is 0.368 e. The average molecular weight is 186 g/mol. The summed E-state index contributed by atoms with van der Waals surface area (Å²) in [7, 11) is 0. The standard InChI is InChI=1S/C11H10N2O/c1-2-5-10(13-7-3-6-12-13)9(4-1)11-8-14-11/h1-7,11H,8H2/t11-/m1/s1. The normalized spacial score (nSPS) is 19.6. The summed E-state index contributed by atoms with van der Waals surface area (Å²) in [6, 6.07) is 10.1. The molecule has 0 unspecified atom stereocenters. The van der Waals surface area contributed by atoms with Crippen LogP contribution in [0.25, 0.3) is 5.69 Å². The average Bonchev–Trinajstić information content (AvgIpc) is 2.94. The molecule has 0 spiro atoms. The van der Waals surface area contributed by atoms with Gasteiger partial charge in [-0.2, -0.15) is 5.10 Å². The fourth-order valence-electron chi connectivity index (χ4n) is 1.61. The van der Waals surface area contributed by atoms with Gasteiger partial charge in [-0.05, 0) is 12.1 Å². The monoisotopic (exact) mass is 186 g/mol. The van der Waals surface area contributed by atoms with Crippen molar-refractivity contribution in [1.29, 1.82) is 0 Å². The zero-order chi connectivity index (χ0) is 9.38. The molecule has 70 valence electrons. The quantitative estimate of drug-likeness (QED) is 0.671. The summed E-state index contributed by atoms with van der Waals surface area (Å²) in [4.78, 5) is 0. The molecule has 1 saturated heterocycles. The van der Waals surface area contributed by atoms with Crippen molar-refractivity contribution in [2.45, 2.75) is 6.10 Å². The van der Waals surface area contributed by atoms with E-state index >= 15 is 0 Å². The lowest BCUT2D eigenvalue weighted by Crippen LogP contribution is -1.98. The molecule has 0 bridgehead atoms. The fourth-order valence-corrected chi connectivity index (χ4v) is 1.61. The molecule has 0 saturated carbocycles. The van der Waals surface area contributed by atoms with Gasteiger partial charge in [-0.3, -0.25) is 0 Å². The van der Waals surface area contributed by atoms with Gasteiger partial charge >= 0.3 is 0 Å². The van der Waals surface area contributed by atoms with Crippen LogP contribution < -0.4 is 0 Å². The predicted molar refractivity (Wildman–Crippen MR) is 52.3 cm³/mol. The lowest BCUT2D eigenvalue weighted by Gasteiger charge is -2.06. The topological polar surface area (TPSA) is 30.4 Å². The molecule has 1 aliphatic rings. The molecule has 1 aromatic heterocycles. The Morgan fingerprint density at radius 3 is 2.86 bits per heavy atom. The molecule has 1 atom stereocenters. The van der Waals surface area contributed by atoms with Crippen LogP contribution >= 0.6 is 0 Å². The summed E-state index contributed by atoms with van der Waals surface area (Å²) in [5.74, 6) is 0. The van der Waals surface area contributed by atoms with Crippen LogP contribution in [0.5, 0.6) is 0 Å². The number of benzene rings is 1. The maximum atomic E-state index is 5.29. The van der Waals surface area contributed by atoms with E-state index in [1.165, 1.54) is 5.56 Å². The van der Waals surface area contributed by atoms with Gasteiger partial charge in [0.1, 0.15) is 6.10 Å². The van der Waals surface area contributed by atoms with Crippen molar-refractivity contribution in [1.82, 2.24) is 9.78 Å². The zero-order valence-electron chi connectivity index (χ0n) is 7.63. The minimum atomic E-state index is 0.274. The van der Waals surface area contributed by atoms with Crippen LogP contribution in [0.4, 0.5) is 0 Å². The van der Waals surface area contributed by atoms with E-state index in [9.17, 15) is 0 Å². The van der Waals surface area contributed by atoms with E-state index in [0.717, 1.165) is 12.3 Å². The Morgan fingerprint density at radius 2 is 2.14 bits per heavy atom. The van der Waals surface area contributed by atoms with E-state index < -0.39 is 0 Å². The van der Waals surface area contributed by atoms with Gasteiger partial charge in [0.15, 0.2) is 0 Å². The van der Waals surface area contributed by atoms with Crippen molar-refractivity contribution < 1.29 is 4.74 Å². The van der Waals surface area contributed by atoms with Crippen LogP contribution in [0.2, 0.25) is 0 Å². The molecule has 1 aromatic carbocycles. The minimum absolute atomic E-state index is 0.274. The zero-order valence-corrected chi connectivity index (χ0v) is 7.63. The molecular formula is C11H10N2O. The number of hydrogen-bond donors (Lipinski definition) is 0. The molecule has 3 rings (SSSR count). The molecule has 1 aliphatic heterocycles. The van der Waals surface area contributed by atoms with Crippen LogP contribution in [0.1, 0.15) is 11.7 Å². The number of hydrogen-bond acceptors (Lipinski definition) is 2. The smallest absolute Gasteiger partial charge is 0.108 e. The highest BCUT2D eigenvalue weighted by atomic mass is 16.6. The Morgan fingerprint density at radius 1 is 1.29 bits per heavy atom. The number of ether oxygens (including phenoxy) is 1. The second-order valence-corrected chi connectivity index (χ2v) is 3.33.